The summed E-state index contributed by atoms with van der Waals surface area (Å²) in [4.78, 5) is 25.2. The fourth-order valence-corrected chi connectivity index (χ4v) is 3.46. The zero-order valence-electron chi connectivity index (χ0n) is 19.2. The summed E-state index contributed by atoms with van der Waals surface area (Å²) in [5.41, 5.74) is -1.14. The van der Waals surface area contributed by atoms with Gasteiger partial charge in [0.15, 0.2) is 5.41 Å². The predicted molar refractivity (Wildman–Crippen MR) is 116 cm³/mol. The third-order valence-electron chi connectivity index (χ3n) is 5.70. The van der Waals surface area contributed by atoms with Gasteiger partial charge in [-0.2, -0.15) is 0 Å². The molecule has 0 bridgehead atoms. The van der Waals surface area contributed by atoms with Crippen molar-refractivity contribution in [1.82, 2.24) is 0 Å². The molecule has 4 nitrogen and oxygen atoms in total. The summed E-state index contributed by atoms with van der Waals surface area (Å²) in [5.74, 6) is -0.813. The third kappa shape index (κ3) is 11.1. The van der Waals surface area contributed by atoms with E-state index in [0.29, 0.717) is 26.1 Å². The molecular formula is C24H46O4. The summed E-state index contributed by atoms with van der Waals surface area (Å²) >= 11 is 0. The van der Waals surface area contributed by atoms with Crippen LogP contribution in [0.4, 0.5) is 0 Å². The minimum atomic E-state index is -1.14. The molecule has 0 heterocycles. The Labute approximate surface area is 174 Å². The second-order valence-corrected chi connectivity index (χ2v) is 7.95. The van der Waals surface area contributed by atoms with Crippen LogP contribution in [-0.2, 0) is 19.1 Å². The van der Waals surface area contributed by atoms with Crippen LogP contribution in [0.15, 0.2) is 0 Å². The molecule has 0 amide bonds. The summed E-state index contributed by atoms with van der Waals surface area (Å²) in [6, 6.07) is 0. The highest BCUT2D eigenvalue weighted by Crippen LogP contribution is 2.30. The summed E-state index contributed by atoms with van der Waals surface area (Å²) in [7, 11) is 0. The van der Waals surface area contributed by atoms with Crippen molar-refractivity contribution < 1.29 is 19.1 Å². The summed E-state index contributed by atoms with van der Waals surface area (Å²) < 4.78 is 10.9. The molecule has 0 aromatic heterocycles. The quantitative estimate of drug-likeness (QED) is 0.134. The zero-order chi connectivity index (χ0) is 21.1. The molecule has 0 aliphatic heterocycles. The zero-order valence-corrected chi connectivity index (χ0v) is 19.2. The van der Waals surface area contributed by atoms with E-state index in [4.69, 9.17) is 9.47 Å². The van der Waals surface area contributed by atoms with E-state index in [2.05, 4.69) is 13.8 Å². The van der Waals surface area contributed by atoms with E-state index < -0.39 is 17.4 Å². The molecule has 0 aliphatic rings. The lowest BCUT2D eigenvalue weighted by molar-refractivity contribution is -0.173. The van der Waals surface area contributed by atoms with Crippen LogP contribution in [0.1, 0.15) is 124 Å². The second kappa shape index (κ2) is 18.0. The first-order valence-corrected chi connectivity index (χ1v) is 11.9. The van der Waals surface area contributed by atoms with Crippen molar-refractivity contribution in [1.29, 1.82) is 0 Å². The third-order valence-corrected chi connectivity index (χ3v) is 5.70. The summed E-state index contributed by atoms with van der Waals surface area (Å²) in [5, 5.41) is 0. The maximum absolute atomic E-state index is 12.6. The van der Waals surface area contributed by atoms with Crippen LogP contribution in [-0.4, -0.2) is 25.2 Å². The normalized spacial score (nSPS) is 11.4. The van der Waals surface area contributed by atoms with E-state index in [9.17, 15) is 9.59 Å². The first-order chi connectivity index (χ1) is 13.6. The lowest BCUT2D eigenvalue weighted by Gasteiger charge is -2.27. The molecule has 166 valence electrons. The Morgan fingerprint density at radius 1 is 0.536 bits per heavy atom. The van der Waals surface area contributed by atoms with Crippen molar-refractivity contribution >= 4 is 11.9 Å². The topological polar surface area (TPSA) is 52.6 Å². The first kappa shape index (κ1) is 26.9. The molecule has 0 radical (unpaired) electrons. The molecule has 0 spiro atoms. The van der Waals surface area contributed by atoms with Gasteiger partial charge in [-0.25, -0.2) is 0 Å². The Morgan fingerprint density at radius 3 is 1.18 bits per heavy atom. The largest absolute Gasteiger partial charge is 0.465 e. The molecule has 4 heteroatoms. The number of hydrogen-bond donors (Lipinski definition) is 0. The van der Waals surface area contributed by atoms with E-state index in [1.165, 1.54) is 57.8 Å². The number of unbranched alkanes of at least 4 members (excludes halogenated alkanes) is 11. The molecule has 0 aromatic carbocycles. The molecule has 0 N–H and O–H groups in total. The first-order valence-electron chi connectivity index (χ1n) is 11.9. The fraction of sp³-hybridized carbons (Fsp3) is 0.917. The van der Waals surface area contributed by atoms with Crippen molar-refractivity contribution in [3.05, 3.63) is 0 Å². The molecule has 0 saturated carbocycles. The van der Waals surface area contributed by atoms with E-state index in [-0.39, 0.29) is 0 Å². The molecule has 0 fully saturated rings. The van der Waals surface area contributed by atoms with Gasteiger partial charge in [0.05, 0.1) is 13.2 Å². The molecule has 0 saturated heterocycles. The smallest absolute Gasteiger partial charge is 0.323 e. The van der Waals surface area contributed by atoms with E-state index in [1.807, 2.05) is 13.8 Å². The maximum atomic E-state index is 12.6. The van der Waals surface area contributed by atoms with E-state index >= 15 is 0 Å². The van der Waals surface area contributed by atoms with E-state index in [0.717, 1.165) is 25.7 Å². The van der Waals surface area contributed by atoms with Crippen LogP contribution in [0.5, 0.6) is 0 Å². The van der Waals surface area contributed by atoms with Crippen LogP contribution >= 0.6 is 0 Å². The van der Waals surface area contributed by atoms with Crippen molar-refractivity contribution in [2.24, 2.45) is 5.41 Å². The van der Waals surface area contributed by atoms with Gasteiger partial charge in [0, 0.05) is 0 Å². The highest BCUT2D eigenvalue weighted by molar-refractivity contribution is 5.99. The van der Waals surface area contributed by atoms with Gasteiger partial charge in [-0.3, -0.25) is 9.59 Å². The highest BCUT2D eigenvalue weighted by Gasteiger charge is 2.45. The van der Waals surface area contributed by atoms with Crippen LogP contribution < -0.4 is 0 Å². The number of ether oxygens (including phenoxy) is 2. The van der Waals surface area contributed by atoms with Gasteiger partial charge in [0.1, 0.15) is 0 Å². The minimum absolute atomic E-state index is 0.401. The monoisotopic (exact) mass is 398 g/mol. The molecule has 0 unspecified atom stereocenters. The Bertz CT molecular complexity index is 388. The van der Waals surface area contributed by atoms with Crippen LogP contribution in [0, 0.1) is 5.41 Å². The predicted octanol–water partition coefficient (Wildman–Crippen LogP) is 6.99. The van der Waals surface area contributed by atoms with Crippen LogP contribution in [0.3, 0.4) is 0 Å². The fourth-order valence-electron chi connectivity index (χ4n) is 3.46. The van der Waals surface area contributed by atoms with Crippen LogP contribution in [0.25, 0.3) is 0 Å². The number of carbonyl (C=O) groups is 2. The maximum Gasteiger partial charge on any atom is 0.323 e. The Balaban J connectivity index is 4.17. The van der Waals surface area contributed by atoms with Gasteiger partial charge in [0.25, 0.3) is 0 Å². The molecule has 0 aromatic rings. The highest BCUT2D eigenvalue weighted by atomic mass is 16.6. The van der Waals surface area contributed by atoms with Crippen molar-refractivity contribution in [2.45, 2.75) is 124 Å². The van der Waals surface area contributed by atoms with Crippen molar-refractivity contribution in [3.8, 4) is 0 Å². The van der Waals surface area contributed by atoms with Crippen molar-refractivity contribution in [2.75, 3.05) is 13.2 Å². The number of rotatable bonds is 19. The molecular weight excluding hydrogens is 352 g/mol. The van der Waals surface area contributed by atoms with Gasteiger partial charge >= 0.3 is 11.9 Å². The summed E-state index contributed by atoms with van der Waals surface area (Å²) in [6.07, 6.45) is 15.9. The lowest BCUT2D eigenvalue weighted by Crippen LogP contribution is -2.41. The van der Waals surface area contributed by atoms with Gasteiger partial charge in [0.2, 0.25) is 0 Å². The molecule has 0 atom stereocenters. The average molecular weight is 399 g/mol. The average Bonchev–Trinajstić information content (AvgIpc) is 2.70. The number of carbonyl (C=O) groups excluding carboxylic acids is 2. The lowest BCUT2D eigenvalue weighted by atomic mass is 9.82. The molecule has 28 heavy (non-hydrogen) atoms. The standard InChI is InChI=1S/C24H46O4/c1-5-9-11-13-15-17-19-21-28-23(26)24(7-3,8-4)22(25)27-20-18-16-14-12-10-6-2/h5-21H2,1-4H3. The van der Waals surface area contributed by atoms with Gasteiger partial charge in [-0.05, 0) is 25.7 Å². The Hall–Kier alpha value is -1.06. The summed E-state index contributed by atoms with van der Waals surface area (Å²) in [6.45, 7) is 8.95. The number of esters is 2. The van der Waals surface area contributed by atoms with Gasteiger partial charge in [-0.1, -0.05) is 98.3 Å². The van der Waals surface area contributed by atoms with Crippen LogP contribution in [0.2, 0.25) is 0 Å². The molecule has 0 rings (SSSR count). The Morgan fingerprint density at radius 2 is 0.857 bits per heavy atom. The molecule has 0 aliphatic carbocycles. The van der Waals surface area contributed by atoms with Gasteiger partial charge in [-0.15, -0.1) is 0 Å². The van der Waals surface area contributed by atoms with E-state index in [1.54, 1.807) is 0 Å². The number of hydrogen-bond acceptors (Lipinski definition) is 4. The Kier molecular flexibility index (Phi) is 17.3. The van der Waals surface area contributed by atoms with Gasteiger partial charge < -0.3 is 9.47 Å². The van der Waals surface area contributed by atoms with Crippen molar-refractivity contribution in [3.63, 3.8) is 0 Å². The second-order valence-electron chi connectivity index (χ2n) is 7.95. The SMILES string of the molecule is CCCCCCCCCOC(=O)C(CC)(CC)C(=O)OCCCCCCCC. The minimum Gasteiger partial charge on any atom is -0.465 e.